The number of rotatable bonds is 9. The number of ether oxygens (including phenoxy) is 3. The highest BCUT2D eigenvalue weighted by Gasteiger charge is 2.27. The zero-order valence-electron chi connectivity index (χ0n) is 22.3. The van der Waals surface area contributed by atoms with Crippen molar-refractivity contribution in [1.29, 1.82) is 0 Å². The Morgan fingerprint density at radius 3 is 1.81 bits per heavy atom. The first-order chi connectivity index (χ1) is 19.3. The van der Waals surface area contributed by atoms with E-state index in [9.17, 15) is 44.7 Å². The number of esters is 3. The molecule has 21 heteroatoms. The highest BCUT2D eigenvalue weighted by Crippen LogP contribution is 2.18. The SMILES string of the molecule is C.CCOC(=O)c1[nH]ncc1[N+](=O)[O-].CCOC(=O)c1c([N+](=O)[O-])cnn1C.CCOC(=O)c1nn(C)cc1[N+](=O)[O-]. The Hall–Kier alpha value is -5.76. The zero-order chi connectivity index (χ0) is 31.3. The summed E-state index contributed by atoms with van der Waals surface area (Å²) in [4.78, 5) is 62.8. The molecule has 0 fully saturated rings. The molecule has 1 N–H and O–H groups in total. The van der Waals surface area contributed by atoms with Gasteiger partial charge in [-0.15, -0.1) is 0 Å². The lowest BCUT2D eigenvalue weighted by molar-refractivity contribution is -0.385. The van der Waals surface area contributed by atoms with Crippen LogP contribution in [0.2, 0.25) is 0 Å². The lowest BCUT2D eigenvalue weighted by Crippen LogP contribution is -2.12. The van der Waals surface area contributed by atoms with Crippen LogP contribution in [0.5, 0.6) is 0 Å². The van der Waals surface area contributed by atoms with Gasteiger partial charge in [0.25, 0.3) is 0 Å². The van der Waals surface area contributed by atoms with Crippen LogP contribution >= 0.6 is 0 Å². The van der Waals surface area contributed by atoms with Gasteiger partial charge in [-0.05, 0) is 20.8 Å². The summed E-state index contributed by atoms with van der Waals surface area (Å²) >= 11 is 0. The maximum Gasteiger partial charge on any atom is 0.366 e. The first-order valence-corrected chi connectivity index (χ1v) is 11.3. The van der Waals surface area contributed by atoms with E-state index in [0.29, 0.717) is 0 Å². The summed E-state index contributed by atoms with van der Waals surface area (Å²) in [5.41, 5.74) is -1.70. The Morgan fingerprint density at radius 2 is 1.31 bits per heavy atom. The van der Waals surface area contributed by atoms with Gasteiger partial charge in [-0.25, -0.2) is 14.4 Å². The van der Waals surface area contributed by atoms with Crippen LogP contribution in [-0.4, -0.2) is 82.3 Å². The lowest BCUT2D eigenvalue weighted by Gasteiger charge is -2.00. The molecule has 0 aliphatic heterocycles. The number of aryl methyl sites for hydroxylation is 2. The lowest BCUT2D eigenvalue weighted by atomic mass is 10.4. The van der Waals surface area contributed by atoms with Crippen molar-refractivity contribution in [3.63, 3.8) is 0 Å². The molecule has 3 heterocycles. The Kier molecular flexibility index (Phi) is 14.7. The van der Waals surface area contributed by atoms with E-state index >= 15 is 0 Å². The number of H-pyrrole nitrogens is 1. The standard InChI is InChI=1S/2C7H9N3O4.C6H7N3O4.CH4/c1-3-14-7(11)6-5(10(12)13)4-9(2)8-6;1-3-14-7(11)6-5(10(12)13)4-8-9(6)2;1-2-13-6(10)5-4(9(11)12)3-7-8-5;/h2*4H,3H2,1-2H3;3H,2H2,1H3,(H,7,8);1H4. The normalized spacial score (nSPS) is 9.55. The van der Waals surface area contributed by atoms with Gasteiger partial charge in [0.05, 0.1) is 34.6 Å². The van der Waals surface area contributed by atoms with E-state index in [1.807, 2.05) is 0 Å². The molecule has 0 aromatic carbocycles. The van der Waals surface area contributed by atoms with Gasteiger partial charge in [-0.2, -0.15) is 15.3 Å². The number of carbonyl (C=O) groups excluding carboxylic acids is 3. The smallest absolute Gasteiger partial charge is 0.366 e. The predicted octanol–water partition coefficient (Wildman–Crippen LogP) is 2.14. The van der Waals surface area contributed by atoms with Gasteiger partial charge in [0.2, 0.25) is 17.1 Å². The first-order valence-electron chi connectivity index (χ1n) is 11.3. The molecular weight excluding hydrogens is 570 g/mol. The average Bonchev–Trinajstić information content (AvgIpc) is 3.63. The fourth-order valence-corrected chi connectivity index (χ4v) is 2.72. The van der Waals surface area contributed by atoms with Crippen LogP contribution < -0.4 is 0 Å². The molecule has 0 spiro atoms. The van der Waals surface area contributed by atoms with Crippen LogP contribution in [0.15, 0.2) is 18.6 Å². The van der Waals surface area contributed by atoms with E-state index in [-0.39, 0.29) is 61.4 Å². The molecule has 230 valence electrons. The van der Waals surface area contributed by atoms with Gasteiger partial charge in [0.1, 0.15) is 18.6 Å². The summed E-state index contributed by atoms with van der Waals surface area (Å²) < 4.78 is 16.1. The van der Waals surface area contributed by atoms with Crippen molar-refractivity contribution in [3.8, 4) is 0 Å². The van der Waals surface area contributed by atoms with Gasteiger partial charge in [0, 0.05) is 14.1 Å². The quantitative estimate of drug-likeness (QED) is 0.160. The number of hydrogen-bond acceptors (Lipinski definition) is 15. The molecule has 0 aliphatic carbocycles. The van der Waals surface area contributed by atoms with E-state index in [4.69, 9.17) is 0 Å². The van der Waals surface area contributed by atoms with Gasteiger partial charge in [-0.3, -0.25) is 44.8 Å². The summed E-state index contributed by atoms with van der Waals surface area (Å²) in [6, 6.07) is 0. The fourth-order valence-electron chi connectivity index (χ4n) is 2.72. The number of hydrogen-bond donors (Lipinski definition) is 1. The highest BCUT2D eigenvalue weighted by molar-refractivity contribution is 5.92. The molecule has 3 aromatic heterocycles. The minimum Gasteiger partial charge on any atom is -0.461 e. The van der Waals surface area contributed by atoms with E-state index in [1.165, 1.54) is 18.8 Å². The van der Waals surface area contributed by atoms with Crippen molar-refractivity contribution in [2.24, 2.45) is 14.1 Å². The maximum atomic E-state index is 11.3. The molecule has 0 bridgehead atoms. The van der Waals surface area contributed by atoms with Crippen molar-refractivity contribution in [1.82, 2.24) is 29.8 Å². The van der Waals surface area contributed by atoms with Crippen LogP contribution in [0.3, 0.4) is 0 Å². The van der Waals surface area contributed by atoms with Crippen molar-refractivity contribution in [3.05, 3.63) is 66.0 Å². The molecule has 0 radical (unpaired) electrons. The number of carbonyl (C=O) groups is 3. The Morgan fingerprint density at radius 1 is 0.810 bits per heavy atom. The topological polar surface area (TPSA) is 273 Å². The maximum absolute atomic E-state index is 11.3. The highest BCUT2D eigenvalue weighted by atomic mass is 16.6. The second kappa shape index (κ2) is 17.0. The van der Waals surface area contributed by atoms with Crippen LogP contribution in [0, 0.1) is 30.3 Å². The molecule has 0 unspecified atom stereocenters. The molecule has 0 saturated heterocycles. The van der Waals surface area contributed by atoms with Gasteiger partial charge in [-0.1, -0.05) is 7.43 Å². The molecule has 0 aliphatic rings. The Labute approximate surface area is 236 Å². The second-order valence-corrected chi connectivity index (χ2v) is 7.10. The summed E-state index contributed by atoms with van der Waals surface area (Å²) in [5.74, 6) is -2.29. The number of aromatic nitrogens is 6. The predicted molar refractivity (Wildman–Crippen MR) is 140 cm³/mol. The second-order valence-electron chi connectivity index (χ2n) is 7.10. The van der Waals surface area contributed by atoms with Gasteiger partial charge in [0.15, 0.2) is 0 Å². The van der Waals surface area contributed by atoms with E-state index in [2.05, 4.69) is 34.6 Å². The molecule has 21 nitrogen and oxygen atoms in total. The molecular formula is C21H29N9O12. The number of nitro groups is 3. The third-order valence-corrected chi connectivity index (χ3v) is 4.36. The third-order valence-electron chi connectivity index (χ3n) is 4.36. The van der Waals surface area contributed by atoms with Crippen molar-refractivity contribution in [2.75, 3.05) is 19.8 Å². The van der Waals surface area contributed by atoms with Gasteiger partial charge < -0.3 is 14.2 Å². The summed E-state index contributed by atoms with van der Waals surface area (Å²) in [7, 11) is 2.94. The molecule has 0 atom stereocenters. The first kappa shape index (κ1) is 36.2. The van der Waals surface area contributed by atoms with Crippen molar-refractivity contribution in [2.45, 2.75) is 28.2 Å². The molecule has 0 saturated carbocycles. The van der Waals surface area contributed by atoms with Crippen LogP contribution in [0.25, 0.3) is 0 Å². The minimum atomic E-state index is -0.778. The van der Waals surface area contributed by atoms with E-state index in [0.717, 1.165) is 23.3 Å². The Balaban J connectivity index is 0.000000594. The number of aromatic amines is 1. The largest absolute Gasteiger partial charge is 0.461 e. The van der Waals surface area contributed by atoms with Crippen molar-refractivity contribution >= 4 is 35.0 Å². The summed E-state index contributed by atoms with van der Waals surface area (Å²) in [6.07, 6.45) is 3.14. The molecule has 3 aromatic rings. The van der Waals surface area contributed by atoms with Crippen LogP contribution in [0.4, 0.5) is 17.1 Å². The Bertz CT molecular complexity index is 1400. The van der Waals surface area contributed by atoms with E-state index in [1.54, 1.807) is 20.8 Å². The van der Waals surface area contributed by atoms with Crippen LogP contribution in [-0.2, 0) is 28.3 Å². The third kappa shape index (κ3) is 9.77. The number of nitrogens with one attached hydrogen (secondary N) is 1. The average molecular weight is 600 g/mol. The van der Waals surface area contributed by atoms with E-state index < -0.39 is 32.7 Å². The van der Waals surface area contributed by atoms with Gasteiger partial charge >= 0.3 is 35.0 Å². The fraction of sp³-hybridized carbons (Fsp3) is 0.429. The summed E-state index contributed by atoms with van der Waals surface area (Å²) in [5, 5.41) is 44.2. The summed E-state index contributed by atoms with van der Waals surface area (Å²) in [6.45, 7) is 5.34. The molecule has 3 rings (SSSR count). The molecule has 42 heavy (non-hydrogen) atoms. The van der Waals surface area contributed by atoms with Crippen molar-refractivity contribution < 1.29 is 43.4 Å². The molecule has 0 amide bonds. The minimum absolute atomic E-state index is 0. The zero-order valence-corrected chi connectivity index (χ0v) is 22.3. The van der Waals surface area contributed by atoms with Crippen LogP contribution in [0.1, 0.15) is 59.7 Å². The number of nitrogens with zero attached hydrogens (tertiary/aromatic N) is 8. The monoisotopic (exact) mass is 599 g/mol.